The van der Waals surface area contributed by atoms with Crippen molar-refractivity contribution in [1.82, 2.24) is 0 Å². The van der Waals surface area contributed by atoms with E-state index in [1.165, 1.54) is 22.9 Å². The summed E-state index contributed by atoms with van der Waals surface area (Å²) in [5.74, 6) is 0. The molecule has 0 aliphatic rings. The topological polar surface area (TPSA) is 0 Å². The standard InChI is InChI=1S/C4H9.PS.Zn/c1-3-4-2;1-2;/h1,3-4H2,2H3;;/q;-1;+1. The molecule has 0 aliphatic heterocycles. The Bertz CT molecular complexity index is 115. The van der Waals surface area contributed by atoms with Crippen LogP contribution in [0.15, 0.2) is 0 Å². The molecule has 0 unspecified atom stereocenters. The summed E-state index contributed by atoms with van der Waals surface area (Å²) in [5.41, 5.74) is 0. The van der Waals surface area contributed by atoms with Gasteiger partial charge in [0.25, 0.3) is 0 Å². The van der Waals surface area contributed by atoms with Crippen LogP contribution in [0.4, 0.5) is 0 Å². The summed E-state index contributed by atoms with van der Waals surface area (Å²) in [6, 6.07) is 0. The average molecular weight is 186 g/mol. The molecule has 3 heteroatoms. The summed E-state index contributed by atoms with van der Waals surface area (Å²) in [7, 11) is 0. The summed E-state index contributed by atoms with van der Waals surface area (Å²) in [5, 5.41) is 2.83. The van der Waals surface area contributed by atoms with Crippen LogP contribution in [0, 0.1) is 0 Å². The fourth-order valence-corrected chi connectivity index (χ4v) is 6.06. The van der Waals surface area contributed by atoms with E-state index in [1.807, 2.05) is 0 Å². The predicted molar refractivity (Wildman–Crippen MR) is 34.0 cm³/mol. The second-order valence-electron chi connectivity index (χ2n) is 1.56. The SMILES string of the molecule is CCC[CH2][Zn]#[P]=S. The zero-order valence-electron chi connectivity index (χ0n) is 4.68. The molecular weight excluding hydrogens is 176 g/mol. The molecule has 0 aromatic rings. The number of hydrogen-bond acceptors (Lipinski definition) is 1. The minimum absolute atomic E-state index is 0.157. The van der Waals surface area contributed by atoms with Gasteiger partial charge in [0.1, 0.15) is 0 Å². The van der Waals surface area contributed by atoms with Gasteiger partial charge in [0.15, 0.2) is 0 Å². The second kappa shape index (κ2) is 7.27. The molecule has 0 bridgehead atoms. The summed E-state index contributed by atoms with van der Waals surface area (Å²) in [6.07, 6.45) is 2.79. The predicted octanol–water partition coefficient (Wildman–Crippen LogP) is 2.61. The Morgan fingerprint density at radius 3 is 2.86 bits per heavy atom. The summed E-state index contributed by atoms with van der Waals surface area (Å²) >= 11 is 4.66. The van der Waals surface area contributed by atoms with Gasteiger partial charge < -0.3 is 0 Å². The van der Waals surface area contributed by atoms with Gasteiger partial charge in [0.2, 0.25) is 0 Å². The van der Waals surface area contributed by atoms with Crippen LogP contribution in [0.1, 0.15) is 19.8 Å². The third kappa shape index (κ3) is 7.27. The monoisotopic (exact) mass is 184 g/mol. The van der Waals surface area contributed by atoms with Crippen molar-refractivity contribution in [3.63, 3.8) is 0 Å². The quantitative estimate of drug-likeness (QED) is 0.362. The van der Waals surface area contributed by atoms with Gasteiger partial charge in [-0.2, -0.15) is 0 Å². The maximum absolute atomic E-state index is 4.82. The molecule has 0 atom stereocenters. The Balaban J connectivity index is 2.93. The van der Waals surface area contributed by atoms with E-state index in [2.05, 4.69) is 6.92 Å². The molecule has 0 fully saturated rings. The molecule has 0 aromatic heterocycles. The van der Waals surface area contributed by atoms with Gasteiger partial charge in [-0.25, -0.2) is 0 Å². The van der Waals surface area contributed by atoms with Gasteiger partial charge >= 0.3 is 57.5 Å². The number of unbranched alkanes of at least 4 members (excludes halogenated alkanes) is 1. The van der Waals surface area contributed by atoms with Crippen LogP contribution < -0.4 is 0 Å². The van der Waals surface area contributed by atoms with Gasteiger partial charge in [-0.1, -0.05) is 0 Å². The normalized spacial score (nSPS) is 9.29. The molecule has 0 aromatic carbocycles. The molecular formula is C4H9PSZn. The van der Waals surface area contributed by atoms with Crippen LogP contribution in [0.3, 0.4) is 0 Å². The number of hydrogen-bond donors (Lipinski definition) is 0. The molecule has 0 saturated heterocycles. The van der Waals surface area contributed by atoms with Gasteiger partial charge in [0, 0.05) is 0 Å². The van der Waals surface area contributed by atoms with Crippen LogP contribution in [-0.2, 0) is 27.7 Å². The first kappa shape index (κ1) is 8.27. The van der Waals surface area contributed by atoms with E-state index in [9.17, 15) is 0 Å². The van der Waals surface area contributed by atoms with Crippen molar-refractivity contribution in [2.24, 2.45) is 0 Å². The first-order valence-electron chi connectivity index (χ1n) is 2.71. The van der Waals surface area contributed by atoms with Crippen LogP contribution in [-0.4, -0.2) is 0 Å². The summed E-state index contributed by atoms with van der Waals surface area (Å²) in [6.45, 7) is 2.24. The minimum atomic E-state index is -0.157. The zero-order chi connectivity index (χ0) is 5.54. The van der Waals surface area contributed by atoms with Crippen LogP contribution >= 0.6 is 5.02 Å². The van der Waals surface area contributed by atoms with Crippen LogP contribution in [0.5, 0.6) is 0 Å². The Labute approximate surface area is 57.6 Å². The fraction of sp³-hybridized carbons (Fsp3) is 1.00. The third-order valence-electron chi connectivity index (χ3n) is 0.853. The molecule has 0 amide bonds. The van der Waals surface area contributed by atoms with Crippen molar-refractivity contribution in [1.29, 1.82) is 0 Å². The Hall–Kier alpha value is 1.27. The Kier molecular flexibility index (Phi) is 8.60. The van der Waals surface area contributed by atoms with E-state index in [4.69, 9.17) is 11.8 Å². The molecule has 0 radical (unpaired) electrons. The van der Waals surface area contributed by atoms with Gasteiger partial charge in [-0.15, -0.1) is 0 Å². The molecule has 0 rings (SSSR count). The fourth-order valence-electron chi connectivity index (χ4n) is 0.426. The summed E-state index contributed by atoms with van der Waals surface area (Å²) < 4.78 is 0. The van der Waals surface area contributed by atoms with Crippen molar-refractivity contribution < 1.29 is 15.9 Å². The molecule has 0 aliphatic carbocycles. The maximum atomic E-state index is 4.82. The van der Waals surface area contributed by atoms with Gasteiger partial charge in [-0.3, -0.25) is 0 Å². The van der Waals surface area contributed by atoms with E-state index in [-0.39, 0.29) is 15.9 Å². The van der Waals surface area contributed by atoms with Crippen molar-refractivity contribution >= 4 is 16.8 Å². The molecule has 0 nitrogen and oxygen atoms in total. The number of rotatable bonds is 2. The second-order valence-corrected chi connectivity index (χ2v) is 12.2. The van der Waals surface area contributed by atoms with Crippen LogP contribution in [0.25, 0.3) is 0 Å². The molecule has 0 N–H and O–H groups in total. The molecule has 0 spiro atoms. The first-order chi connectivity index (χ1) is 3.41. The Morgan fingerprint density at radius 1 is 1.71 bits per heavy atom. The van der Waals surface area contributed by atoms with Gasteiger partial charge in [-0.05, 0) is 0 Å². The van der Waals surface area contributed by atoms with E-state index >= 15 is 0 Å². The van der Waals surface area contributed by atoms with Crippen molar-refractivity contribution in [3.8, 4) is 0 Å². The van der Waals surface area contributed by atoms with Crippen molar-refractivity contribution in [3.05, 3.63) is 0 Å². The van der Waals surface area contributed by atoms with E-state index in [0.717, 1.165) is 0 Å². The van der Waals surface area contributed by atoms with E-state index < -0.39 is 0 Å². The third-order valence-corrected chi connectivity index (χ3v) is 8.39. The molecule has 7 heavy (non-hydrogen) atoms. The van der Waals surface area contributed by atoms with Gasteiger partial charge in [0.05, 0.1) is 0 Å². The van der Waals surface area contributed by atoms with E-state index in [1.54, 1.807) is 0 Å². The van der Waals surface area contributed by atoms with Crippen molar-refractivity contribution in [2.75, 3.05) is 0 Å². The molecule has 0 saturated carbocycles. The average Bonchev–Trinajstić information content (AvgIpc) is 1.69. The first-order valence-corrected chi connectivity index (χ1v) is 10.9. The van der Waals surface area contributed by atoms with Crippen molar-refractivity contribution in [2.45, 2.75) is 24.8 Å². The zero-order valence-corrected chi connectivity index (χ0v) is 9.36. The molecule has 38 valence electrons. The van der Waals surface area contributed by atoms with Crippen LogP contribution in [0.2, 0.25) is 5.02 Å². The van der Waals surface area contributed by atoms with E-state index in [0.29, 0.717) is 0 Å². The summed E-state index contributed by atoms with van der Waals surface area (Å²) in [4.78, 5) is 0. The molecule has 0 heterocycles. The Morgan fingerprint density at radius 2 is 2.43 bits per heavy atom.